The fraction of sp³-hybridized carbons (Fsp3) is 0.100. The predicted molar refractivity (Wildman–Crippen MR) is 57.1 cm³/mol. The lowest BCUT2D eigenvalue weighted by Crippen LogP contribution is -1.85. The lowest BCUT2D eigenvalue weighted by molar-refractivity contribution is 0.430. The second kappa shape index (κ2) is 4.15. The Kier molecular flexibility index (Phi) is 2.70. The average molecular weight is 217 g/mol. The number of hydrogen-bond acceptors (Lipinski definition) is 5. The van der Waals surface area contributed by atoms with Gasteiger partial charge in [-0.3, -0.25) is 0 Å². The van der Waals surface area contributed by atoms with E-state index in [-0.39, 0.29) is 0 Å². The van der Waals surface area contributed by atoms with E-state index in [4.69, 9.17) is 9.78 Å². The highest BCUT2D eigenvalue weighted by Gasteiger charge is 2.06. The molecule has 0 aliphatic rings. The first-order valence-corrected chi connectivity index (χ1v) is 4.88. The normalized spacial score (nSPS) is 9.87. The molecule has 1 heterocycles. The van der Waals surface area contributed by atoms with Gasteiger partial charge >= 0.3 is 0 Å². The summed E-state index contributed by atoms with van der Waals surface area (Å²) in [5, 5.41) is 12.4. The molecule has 5 heteroatoms. The van der Waals surface area contributed by atoms with Crippen molar-refractivity contribution >= 4 is 12.6 Å². The summed E-state index contributed by atoms with van der Waals surface area (Å²) >= 11 is 4.16. The molecule has 1 aromatic heterocycles. The smallest absolute Gasteiger partial charge is 0.257 e. The second-order valence-electron chi connectivity index (χ2n) is 2.93. The molecule has 1 aromatic carbocycles. The highest BCUT2D eigenvalue weighted by Crippen LogP contribution is 2.20. The van der Waals surface area contributed by atoms with Crippen LogP contribution in [0.1, 0.15) is 11.1 Å². The van der Waals surface area contributed by atoms with Crippen molar-refractivity contribution < 1.29 is 4.52 Å². The highest BCUT2D eigenvalue weighted by atomic mass is 32.1. The van der Waals surface area contributed by atoms with Gasteiger partial charge in [-0.15, -0.1) is 0 Å². The van der Waals surface area contributed by atoms with Crippen LogP contribution in [-0.2, 0) is 5.75 Å². The van der Waals surface area contributed by atoms with Crippen LogP contribution < -0.4 is 0 Å². The van der Waals surface area contributed by atoms with Crippen LogP contribution >= 0.6 is 12.6 Å². The molecule has 2 aromatic rings. The minimum absolute atomic E-state index is 0.412. The predicted octanol–water partition coefficient (Wildman–Crippen LogP) is 2.04. The Morgan fingerprint density at radius 3 is 2.87 bits per heavy atom. The maximum Gasteiger partial charge on any atom is 0.257 e. The molecule has 0 saturated carbocycles. The van der Waals surface area contributed by atoms with Gasteiger partial charge in [-0.05, 0) is 23.8 Å². The van der Waals surface area contributed by atoms with E-state index in [2.05, 4.69) is 28.8 Å². The fourth-order valence-electron chi connectivity index (χ4n) is 1.27. The monoisotopic (exact) mass is 217 g/mol. The number of benzene rings is 1. The van der Waals surface area contributed by atoms with Gasteiger partial charge < -0.3 is 4.52 Å². The molecule has 74 valence electrons. The molecule has 0 saturated heterocycles. The Morgan fingerprint density at radius 1 is 1.40 bits per heavy atom. The van der Waals surface area contributed by atoms with Crippen LogP contribution in [-0.4, -0.2) is 10.1 Å². The number of nitriles is 1. The van der Waals surface area contributed by atoms with Gasteiger partial charge in [0, 0.05) is 11.3 Å². The van der Waals surface area contributed by atoms with Gasteiger partial charge in [0.2, 0.25) is 0 Å². The molecule has 0 amide bonds. The molecular formula is C10H7N3OS. The Hall–Kier alpha value is -1.80. The van der Waals surface area contributed by atoms with Gasteiger partial charge in [0.15, 0.2) is 6.33 Å². The van der Waals surface area contributed by atoms with Crippen molar-refractivity contribution in [2.24, 2.45) is 0 Å². The van der Waals surface area contributed by atoms with Gasteiger partial charge in [-0.1, -0.05) is 5.16 Å². The molecule has 0 unspecified atom stereocenters. The van der Waals surface area contributed by atoms with Crippen LogP contribution in [0.15, 0.2) is 29.0 Å². The topological polar surface area (TPSA) is 62.7 Å². The first kappa shape index (κ1) is 9.74. The van der Waals surface area contributed by atoms with Gasteiger partial charge in [-0.2, -0.15) is 22.9 Å². The van der Waals surface area contributed by atoms with Gasteiger partial charge in [0.1, 0.15) is 0 Å². The summed E-state index contributed by atoms with van der Waals surface area (Å²) in [6, 6.07) is 7.45. The Bertz CT molecular complexity index is 502. The van der Waals surface area contributed by atoms with Gasteiger partial charge in [0.05, 0.1) is 11.6 Å². The second-order valence-corrected chi connectivity index (χ2v) is 3.25. The van der Waals surface area contributed by atoms with Crippen molar-refractivity contribution in [2.75, 3.05) is 0 Å². The molecule has 0 aliphatic carbocycles. The van der Waals surface area contributed by atoms with E-state index in [1.807, 2.05) is 6.07 Å². The Balaban J connectivity index is 2.53. The molecule has 15 heavy (non-hydrogen) atoms. The van der Waals surface area contributed by atoms with E-state index in [1.54, 1.807) is 12.1 Å². The fourth-order valence-corrected chi connectivity index (χ4v) is 1.45. The van der Waals surface area contributed by atoms with Crippen molar-refractivity contribution in [3.8, 4) is 17.5 Å². The summed E-state index contributed by atoms with van der Waals surface area (Å²) in [4.78, 5) is 3.93. The van der Waals surface area contributed by atoms with E-state index >= 15 is 0 Å². The molecule has 0 aliphatic heterocycles. The number of thiol groups is 1. The summed E-state index contributed by atoms with van der Waals surface area (Å²) < 4.78 is 4.92. The maximum atomic E-state index is 8.84. The van der Waals surface area contributed by atoms with Gasteiger partial charge in [-0.25, -0.2) is 0 Å². The molecule has 0 fully saturated rings. The quantitative estimate of drug-likeness (QED) is 0.782. The van der Waals surface area contributed by atoms with E-state index in [0.29, 0.717) is 17.2 Å². The lowest BCUT2D eigenvalue weighted by Gasteiger charge is -2.00. The molecule has 0 N–H and O–H groups in total. The third kappa shape index (κ3) is 2.00. The largest absolute Gasteiger partial charge is 0.334 e. The van der Waals surface area contributed by atoms with Crippen LogP contribution in [0.4, 0.5) is 0 Å². The van der Waals surface area contributed by atoms with E-state index in [9.17, 15) is 0 Å². The van der Waals surface area contributed by atoms with Crippen molar-refractivity contribution in [2.45, 2.75) is 5.75 Å². The van der Waals surface area contributed by atoms with Gasteiger partial charge in [0.25, 0.3) is 5.89 Å². The zero-order chi connectivity index (χ0) is 10.7. The maximum absolute atomic E-state index is 8.84. The molecule has 4 nitrogen and oxygen atoms in total. The lowest BCUT2D eigenvalue weighted by atomic mass is 10.1. The van der Waals surface area contributed by atoms with Crippen molar-refractivity contribution in [3.05, 3.63) is 35.7 Å². The SMILES string of the molecule is N#Cc1cc(CS)cc(-c2ncno2)c1. The zero-order valence-electron chi connectivity index (χ0n) is 7.71. The molecule has 0 spiro atoms. The molecule has 0 bridgehead atoms. The van der Waals surface area contributed by atoms with Crippen LogP contribution in [0.25, 0.3) is 11.5 Å². The van der Waals surface area contributed by atoms with E-state index < -0.39 is 0 Å². The van der Waals surface area contributed by atoms with E-state index in [0.717, 1.165) is 11.1 Å². The number of aromatic nitrogens is 2. The minimum atomic E-state index is 0.412. The molecule has 2 rings (SSSR count). The average Bonchev–Trinajstić information content (AvgIpc) is 2.81. The number of hydrogen-bond donors (Lipinski definition) is 1. The van der Waals surface area contributed by atoms with Crippen molar-refractivity contribution in [1.29, 1.82) is 5.26 Å². The van der Waals surface area contributed by atoms with E-state index in [1.165, 1.54) is 6.33 Å². The van der Waals surface area contributed by atoms with Crippen molar-refractivity contribution in [1.82, 2.24) is 10.1 Å². The summed E-state index contributed by atoms with van der Waals surface area (Å²) in [6.45, 7) is 0. The van der Waals surface area contributed by atoms with Crippen LogP contribution in [0.5, 0.6) is 0 Å². The zero-order valence-corrected chi connectivity index (χ0v) is 8.61. The third-order valence-electron chi connectivity index (χ3n) is 1.91. The van der Waals surface area contributed by atoms with Crippen LogP contribution in [0.3, 0.4) is 0 Å². The standard InChI is InChI=1S/C10H7N3OS/c11-4-7-1-8(5-15)3-9(2-7)10-12-6-13-14-10/h1-3,6,15H,5H2. The summed E-state index contributed by atoms with van der Waals surface area (Å²) in [7, 11) is 0. The first-order chi connectivity index (χ1) is 7.33. The van der Waals surface area contributed by atoms with Crippen molar-refractivity contribution in [3.63, 3.8) is 0 Å². The molecule has 0 atom stereocenters. The Morgan fingerprint density at radius 2 is 2.27 bits per heavy atom. The summed E-state index contributed by atoms with van der Waals surface area (Å²) in [6.07, 6.45) is 1.33. The number of rotatable bonds is 2. The number of nitrogens with zero attached hydrogens (tertiary/aromatic N) is 3. The van der Waals surface area contributed by atoms with Crippen LogP contribution in [0.2, 0.25) is 0 Å². The van der Waals surface area contributed by atoms with Crippen LogP contribution in [0, 0.1) is 11.3 Å². The summed E-state index contributed by atoms with van der Waals surface area (Å²) in [5.74, 6) is 0.978. The molecular weight excluding hydrogens is 210 g/mol. The molecule has 0 radical (unpaired) electrons. The third-order valence-corrected chi connectivity index (χ3v) is 2.28. The summed E-state index contributed by atoms with van der Waals surface area (Å²) in [5.41, 5.74) is 2.26. The minimum Gasteiger partial charge on any atom is -0.334 e. The highest BCUT2D eigenvalue weighted by molar-refractivity contribution is 7.79. The Labute approximate surface area is 92.0 Å². The first-order valence-electron chi connectivity index (χ1n) is 4.25.